The van der Waals surface area contributed by atoms with Gasteiger partial charge in [0.1, 0.15) is 17.1 Å². The normalized spacial score (nSPS) is 13.8. The number of imidazole rings is 2. The van der Waals surface area contributed by atoms with Gasteiger partial charge in [-0.15, -0.1) is 0 Å². The van der Waals surface area contributed by atoms with Gasteiger partial charge in [-0.25, -0.2) is 24.7 Å². The number of rotatable bonds is 4. The second-order valence-corrected chi connectivity index (χ2v) is 16.2. The molecule has 0 aliphatic carbocycles. The number of ether oxygens (including phenoxy) is 3. The molecule has 0 bridgehead atoms. The van der Waals surface area contributed by atoms with Crippen LogP contribution in [0, 0.1) is 13.8 Å². The van der Waals surface area contributed by atoms with Gasteiger partial charge in [0.15, 0.2) is 0 Å². The van der Waals surface area contributed by atoms with Crippen LogP contribution in [0.25, 0.3) is 56.6 Å². The highest BCUT2D eigenvalue weighted by Crippen LogP contribution is 2.40. The van der Waals surface area contributed by atoms with E-state index in [0.717, 1.165) is 88.0 Å². The number of amides is 1. The van der Waals surface area contributed by atoms with E-state index in [1.54, 1.807) is 23.5 Å². The summed E-state index contributed by atoms with van der Waals surface area (Å²) in [7, 11) is 0. The number of benzene rings is 2. The molecule has 8 heterocycles. The zero-order chi connectivity index (χ0) is 42.1. The zero-order valence-electron chi connectivity index (χ0n) is 35.0. The number of aryl methyl sites for hydroxylation is 3. The Balaban J connectivity index is 0.000000160. The van der Waals surface area contributed by atoms with E-state index in [4.69, 9.17) is 24.2 Å². The van der Waals surface area contributed by atoms with Crippen LogP contribution in [0.3, 0.4) is 0 Å². The van der Waals surface area contributed by atoms with Gasteiger partial charge in [0.2, 0.25) is 11.6 Å². The first-order chi connectivity index (χ1) is 29.6. The summed E-state index contributed by atoms with van der Waals surface area (Å²) in [4.78, 5) is 41.9. The van der Waals surface area contributed by atoms with E-state index in [-0.39, 0.29) is 6.09 Å². The van der Waals surface area contributed by atoms with E-state index < -0.39 is 5.60 Å². The first kappa shape index (κ1) is 39.3. The molecule has 6 aromatic heterocycles. The average Bonchev–Trinajstić information content (AvgIpc) is 3.64. The number of anilines is 1. The van der Waals surface area contributed by atoms with Gasteiger partial charge >= 0.3 is 6.09 Å². The number of fused-ring (bicyclic) bond motifs is 4. The third-order valence-electron chi connectivity index (χ3n) is 10.5. The molecule has 13 heteroatoms. The van der Waals surface area contributed by atoms with E-state index >= 15 is 0 Å². The third-order valence-corrected chi connectivity index (χ3v) is 10.5. The molecule has 0 radical (unpaired) electrons. The lowest BCUT2D eigenvalue weighted by Crippen LogP contribution is -2.37. The largest absolute Gasteiger partial charge is 0.493 e. The van der Waals surface area contributed by atoms with Gasteiger partial charge in [-0.05, 0) is 139 Å². The second-order valence-electron chi connectivity index (χ2n) is 16.2. The predicted octanol–water partition coefficient (Wildman–Crippen LogP) is 9.77. The molecule has 2 aromatic carbocycles. The second kappa shape index (κ2) is 16.5. The van der Waals surface area contributed by atoms with Crippen molar-refractivity contribution in [3.63, 3.8) is 0 Å². The molecule has 0 unspecified atom stereocenters. The number of hydrogen-bond donors (Lipinski definition) is 0. The van der Waals surface area contributed by atoms with Crippen molar-refractivity contribution in [2.75, 3.05) is 24.7 Å². The summed E-state index contributed by atoms with van der Waals surface area (Å²) >= 11 is 0. The fourth-order valence-corrected chi connectivity index (χ4v) is 7.81. The number of nitrogens with zero attached hydrogens (tertiary/aromatic N) is 9. The number of carbonyl (C=O) groups is 1. The Morgan fingerprint density at radius 2 is 1.21 bits per heavy atom. The third kappa shape index (κ3) is 8.23. The lowest BCUT2D eigenvalue weighted by atomic mass is 10.0. The maximum atomic E-state index is 13.1. The summed E-state index contributed by atoms with van der Waals surface area (Å²) in [6.45, 7) is 11.4. The minimum absolute atomic E-state index is 0.388. The van der Waals surface area contributed by atoms with E-state index in [1.165, 1.54) is 5.56 Å². The molecule has 308 valence electrons. The smallest absolute Gasteiger partial charge is 0.414 e. The van der Waals surface area contributed by atoms with Gasteiger partial charge < -0.3 is 14.2 Å². The van der Waals surface area contributed by atoms with Crippen LogP contribution in [0.2, 0.25) is 0 Å². The van der Waals surface area contributed by atoms with E-state index in [2.05, 4.69) is 48.6 Å². The van der Waals surface area contributed by atoms with Gasteiger partial charge in [-0.3, -0.25) is 23.7 Å². The van der Waals surface area contributed by atoms with Crippen LogP contribution < -0.4 is 14.4 Å². The van der Waals surface area contributed by atoms with Crippen LogP contribution in [-0.2, 0) is 11.2 Å². The summed E-state index contributed by atoms with van der Waals surface area (Å²) < 4.78 is 21.6. The van der Waals surface area contributed by atoms with Crippen molar-refractivity contribution >= 4 is 23.3 Å². The molecule has 0 N–H and O–H groups in total. The summed E-state index contributed by atoms with van der Waals surface area (Å²) in [5.41, 5.74) is 10.9. The molecule has 1 amide bonds. The fourth-order valence-electron chi connectivity index (χ4n) is 7.81. The quantitative estimate of drug-likeness (QED) is 0.169. The number of hydrogen-bond acceptors (Lipinski definition) is 10. The maximum absolute atomic E-state index is 13.1. The molecule has 8 aromatic rings. The molecule has 2 aliphatic rings. The molecule has 61 heavy (non-hydrogen) atoms. The van der Waals surface area contributed by atoms with Crippen LogP contribution in [0.5, 0.6) is 11.5 Å². The van der Waals surface area contributed by atoms with Crippen molar-refractivity contribution in [3.05, 3.63) is 127 Å². The van der Waals surface area contributed by atoms with Crippen LogP contribution in [0.15, 0.2) is 110 Å². The van der Waals surface area contributed by atoms with Crippen LogP contribution in [-0.4, -0.2) is 70.2 Å². The standard InChI is InChI=1S/C26H27N5O3.C22H20N4O/c1-17-15-18(9-11-27-17)22-23(31-12-5-10-28-24(31)29-22)19-7-8-21-20(16-19)30(13-6-14-33-21)25(32)34-26(2,3)4;1-15-13-17(8-10-23-15)20-21(26-11-4-9-24-22(26)25-20)18-6-7-19-16(14-18)5-2-3-12-27-19/h5,7-12,15-16H,6,13-14H2,1-4H3;4,6-11,13-14H,2-3,5,12H2,1H3. The minimum atomic E-state index is -0.596. The van der Waals surface area contributed by atoms with Gasteiger partial charge in [0.05, 0.1) is 41.7 Å². The van der Waals surface area contributed by atoms with Crippen LogP contribution >= 0.6 is 0 Å². The number of pyridine rings is 2. The lowest BCUT2D eigenvalue weighted by molar-refractivity contribution is 0.0580. The van der Waals surface area contributed by atoms with Gasteiger partial charge in [-0.2, -0.15) is 0 Å². The van der Waals surface area contributed by atoms with Gasteiger partial charge in [-0.1, -0.05) is 0 Å². The molecule has 10 rings (SSSR count). The minimum Gasteiger partial charge on any atom is -0.493 e. The molecule has 0 fully saturated rings. The molecule has 13 nitrogen and oxygen atoms in total. The summed E-state index contributed by atoms with van der Waals surface area (Å²) in [6.07, 6.45) is 14.7. The zero-order valence-corrected chi connectivity index (χ0v) is 35.0. The van der Waals surface area contributed by atoms with Crippen molar-refractivity contribution in [2.45, 2.75) is 65.9 Å². The Labute approximate surface area is 354 Å². The Kier molecular flexibility index (Phi) is 10.6. The van der Waals surface area contributed by atoms with Crippen molar-refractivity contribution in [1.29, 1.82) is 0 Å². The highest BCUT2D eigenvalue weighted by Gasteiger charge is 2.29. The molecule has 2 aliphatic heterocycles. The highest BCUT2D eigenvalue weighted by atomic mass is 16.6. The summed E-state index contributed by atoms with van der Waals surface area (Å²) in [5, 5.41) is 0. The monoisotopic (exact) mass is 813 g/mol. The molecular weight excluding hydrogens is 767 g/mol. The first-order valence-electron chi connectivity index (χ1n) is 20.7. The van der Waals surface area contributed by atoms with Gasteiger partial charge in [0.25, 0.3) is 0 Å². The Hall–Kier alpha value is -7.15. The molecule has 0 saturated carbocycles. The Morgan fingerprint density at radius 3 is 1.82 bits per heavy atom. The van der Waals surface area contributed by atoms with E-state index in [1.807, 2.05) is 106 Å². The molecule has 0 saturated heterocycles. The average molecular weight is 814 g/mol. The molecule has 0 spiro atoms. The number of aromatic nitrogens is 8. The van der Waals surface area contributed by atoms with E-state index in [9.17, 15) is 4.79 Å². The summed E-state index contributed by atoms with van der Waals surface area (Å²) in [6, 6.07) is 24.2. The highest BCUT2D eigenvalue weighted by molar-refractivity contribution is 5.92. The predicted molar refractivity (Wildman–Crippen MR) is 235 cm³/mol. The fraction of sp³-hybridized carbons (Fsp3) is 0.271. The maximum Gasteiger partial charge on any atom is 0.414 e. The first-order valence-corrected chi connectivity index (χ1v) is 20.7. The molecular formula is C48H47N9O4. The summed E-state index contributed by atoms with van der Waals surface area (Å²) in [5.74, 6) is 2.95. The SMILES string of the molecule is Cc1cc(-c2nc3ncccn3c2-c2ccc3c(c2)CCCCO3)ccn1.Cc1cc(-c2nc3ncccn3c2-c2ccc3c(c2)N(C(=O)OC(C)(C)C)CCCO3)ccn1. The van der Waals surface area contributed by atoms with Crippen molar-refractivity contribution in [3.8, 4) is 56.5 Å². The van der Waals surface area contributed by atoms with Crippen LogP contribution in [0.4, 0.5) is 10.5 Å². The Morgan fingerprint density at radius 1 is 0.639 bits per heavy atom. The lowest BCUT2D eigenvalue weighted by Gasteiger charge is -2.27. The Bertz CT molecular complexity index is 2900. The van der Waals surface area contributed by atoms with Crippen molar-refractivity contribution < 1.29 is 19.0 Å². The number of carbonyl (C=O) groups excluding carboxylic acids is 1. The molecule has 0 atom stereocenters. The van der Waals surface area contributed by atoms with E-state index in [0.29, 0.717) is 42.6 Å². The van der Waals surface area contributed by atoms with Crippen LogP contribution in [0.1, 0.15) is 57.0 Å². The van der Waals surface area contributed by atoms with Crippen molar-refractivity contribution in [1.82, 2.24) is 38.7 Å². The van der Waals surface area contributed by atoms with Gasteiger partial charge in [0, 0.05) is 77.4 Å². The van der Waals surface area contributed by atoms with Crippen molar-refractivity contribution in [2.24, 2.45) is 0 Å². The topological polar surface area (TPSA) is 134 Å².